The molecule has 1 unspecified atom stereocenters. The minimum Gasteiger partial charge on any atom is -0.316 e. The van der Waals surface area contributed by atoms with E-state index in [1.165, 1.54) is 32.4 Å². The lowest BCUT2D eigenvalue weighted by Gasteiger charge is -2.01. The normalized spacial score (nSPS) is 38.2. The minimum atomic E-state index is 0.981. The summed E-state index contributed by atoms with van der Waals surface area (Å²) in [6.45, 7) is 2.53. The van der Waals surface area contributed by atoms with Crippen LogP contribution in [0, 0.1) is 11.8 Å². The lowest BCUT2D eigenvalue weighted by Crippen LogP contribution is -2.09. The van der Waals surface area contributed by atoms with E-state index in [0.717, 1.165) is 5.92 Å². The standard InChI is InChI=1S/C7H12N/c1-2-6(1)7-3-4-8-5-7/h7-8H,1-5H2. The third-order valence-electron chi connectivity index (χ3n) is 2.18. The van der Waals surface area contributed by atoms with Gasteiger partial charge in [-0.1, -0.05) is 0 Å². The SMILES string of the molecule is C1CC([C]2CC2)CN1. The molecule has 2 aliphatic rings. The molecule has 1 atom stereocenters. The Bertz CT molecular complexity index is 80.4. The maximum Gasteiger partial charge on any atom is -0.00145 e. The molecule has 0 amide bonds. The molecule has 1 N–H and O–H groups in total. The van der Waals surface area contributed by atoms with Gasteiger partial charge >= 0.3 is 0 Å². The van der Waals surface area contributed by atoms with E-state index < -0.39 is 0 Å². The maximum absolute atomic E-state index is 3.37. The molecule has 1 aliphatic heterocycles. The lowest BCUT2D eigenvalue weighted by molar-refractivity contribution is 0.656. The largest absolute Gasteiger partial charge is 0.316 e. The average molecular weight is 110 g/mol. The van der Waals surface area contributed by atoms with Crippen LogP contribution in [-0.4, -0.2) is 13.1 Å². The van der Waals surface area contributed by atoms with Crippen LogP contribution in [0.2, 0.25) is 0 Å². The monoisotopic (exact) mass is 110 g/mol. The van der Waals surface area contributed by atoms with Crippen molar-refractivity contribution in [3.63, 3.8) is 0 Å². The Hall–Kier alpha value is -0.0400. The highest BCUT2D eigenvalue weighted by Gasteiger charge is 2.32. The maximum atomic E-state index is 3.37. The van der Waals surface area contributed by atoms with Crippen molar-refractivity contribution in [3.05, 3.63) is 5.92 Å². The molecule has 1 saturated carbocycles. The highest BCUT2D eigenvalue weighted by Crippen LogP contribution is 2.41. The van der Waals surface area contributed by atoms with Gasteiger partial charge in [-0.05, 0) is 44.2 Å². The lowest BCUT2D eigenvalue weighted by atomic mass is 10.0. The van der Waals surface area contributed by atoms with Gasteiger partial charge in [0, 0.05) is 0 Å². The second kappa shape index (κ2) is 1.73. The summed E-state index contributed by atoms with van der Waals surface area (Å²) >= 11 is 0. The molecule has 1 heterocycles. The van der Waals surface area contributed by atoms with Crippen LogP contribution in [0.4, 0.5) is 0 Å². The van der Waals surface area contributed by atoms with Crippen molar-refractivity contribution in [1.82, 2.24) is 5.32 Å². The quantitative estimate of drug-likeness (QED) is 0.530. The number of hydrogen-bond acceptors (Lipinski definition) is 1. The van der Waals surface area contributed by atoms with Gasteiger partial charge in [-0.15, -0.1) is 0 Å². The van der Waals surface area contributed by atoms with Gasteiger partial charge in [0.15, 0.2) is 0 Å². The first-order valence-corrected chi connectivity index (χ1v) is 3.52. The van der Waals surface area contributed by atoms with Gasteiger partial charge in [0.2, 0.25) is 0 Å². The van der Waals surface area contributed by atoms with E-state index in [0.29, 0.717) is 0 Å². The highest BCUT2D eigenvalue weighted by atomic mass is 14.9. The van der Waals surface area contributed by atoms with Gasteiger partial charge in [-0.2, -0.15) is 0 Å². The van der Waals surface area contributed by atoms with Gasteiger partial charge < -0.3 is 5.32 Å². The zero-order valence-corrected chi connectivity index (χ0v) is 5.11. The molecule has 0 aromatic heterocycles. The summed E-state index contributed by atoms with van der Waals surface area (Å²) in [5.74, 6) is 2.81. The van der Waals surface area contributed by atoms with Crippen LogP contribution in [0.3, 0.4) is 0 Å². The first-order chi connectivity index (χ1) is 3.97. The molecule has 1 nitrogen and oxygen atoms in total. The summed E-state index contributed by atoms with van der Waals surface area (Å²) in [6, 6.07) is 0. The van der Waals surface area contributed by atoms with Crippen LogP contribution < -0.4 is 5.32 Å². The van der Waals surface area contributed by atoms with Crippen LogP contribution in [-0.2, 0) is 0 Å². The summed E-state index contributed by atoms with van der Waals surface area (Å²) in [5.41, 5.74) is 0. The van der Waals surface area contributed by atoms with Crippen molar-refractivity contribution in [1.29, 1.82) is 0 Å². The summed E-state index contributed by atoms with van der Waals surface area (Å²) in [4.78, 5) is 0. The summed E-state index contributed by atoms with van der Waals surface area (Å²) in [7, 11) is 0. The van der Waals surface area contributed by atoms with E-state index in [9.17, 15) is 0 Å². The molecule has 45 valence electrons. The molecule has 0 aromatic rings. The van der Waals surface area contributed by atoms with Gasteiger partial charge in [-0.3, -0.25) is 0 Å². The van der Waals surface area contributed by atoms with Crippen LogP contribution in [0.15, 0.2) is 0 Å². The Morgan fingerprint density at radius 2 is 2.25 bits per heavy atom. The molecule has 0 bridgehead atoms. The third-order valence-corrected chi connectivity index (χ3v) is 2.18. The first-order valence-electron chi connectivity index (χ1n) is 3.52. The molecule has 2 rings (SSSR count). The Kier molecular flexibility index (Phi) is 1.04. The predicted molar refractivity (Wildman–Crippen MR) is 33.5 cm³/mol. The Morgan fingerprint density at radius 3 is 2.75 bits per heavy atom. The smallest absolute Gasteiger partial charge is 0.00145 e. The average Bonchev–Trinajstić information content (AvgIpc) is 2.49. The fourth-order valence-electron chi connectivity index (χ4n) is 1.48. The van der Waals surface area contributed by atoms with E-state index >= 15 is 0 Å². The molecule has 1 saturated heterocycles. The molecular formula is C7H12N. The van der Waals surface area contributed by atoms with Crippen molar-refractivity contribution in [2.45, 2.75) is 19.3 Å². The van der Waals surface area contributed by atoms with Crippen molar-refractivity contribution in [3.8, 4) is 0 Å². The zero-order valence-electron chi connectivity index (χ0n) is 5.11. The molecular weight excluding hydrogens is 98.1 g/mol. The second-order valence-corrected chi connectivity index (χ2v) is 2.85. The minimum absolute atomic E-state index is 0.981. The predicted octanol–water partition coefficient (Wildman–Crippen LogP) is 0.964. The van der Waals surface area contributed by atoms with E-state index in [4.69, 9.17) is 0 Å². The van der Waals surface area contributed by atoms with E-state index in [1.807, 2.05) is 5.92 Å². The number of nitrogens with one attached hydrogen (secondary N) is 1. The van der Waals surface area contributed by atoms with E-state index in [1.54, 1.807) is 0 Å². The van der Waals surface area contributed by atoms with Gasteiger partial charge in [-0.25, -0.2) is 0 Å². The molecule has 1 heteroatoms. The first kappa shape index (κ1) is 4.80. The third kappa shape index (κ3) is 0.752. The van der Waals surface area contributed by atoms with Crippen molar-refractivity contribution < 1.29 is 0 Å². The summed E-state index contributed by atoms with van der Waals surface area (Å²) in [6.07, 6.45) is 4.29. The van der Waals surface area contributed by atoms with Gasteiger partial charge in [0.25, 0.3) is 0 Å². The fraction of sp³-hybridized carbons (Fsp3) is 0.857. The van der Waals surface area contributed by atoms with E-state index in [-0.39, 0.29) is 0 Å². The zero-order chi connectivity index (χ0) is 5.40. The van der Waals surface area contributed by atoms with Crippen molar-refractivity contribution in [2.24, 2.45) is 5.92 Å². The van der Waals surface area contributed by atoms with Gasteiger partial charge in [0.1, 0.15) is 0 Å². The Balaban J connectivity index is 1.86. The Morgan fingerprint density at radius 1 is 1.38 bits per heavy atom. The second-order valence-electron chi connectivity index (χ2n) is 2.85. The van der Waals surface area contributed by atoms with Crippen LogP contribution in [0.1, 0.15) is 19.3 Å². The van der Waals surface area contributed by atoms with Crippen molar-refractivity contribution in [2.75, 3.05) is 13.1 Å². The molecule has 8 heavy (non-hydrogen) atoms. The van der Waals surface area contributed by atoms with Gasteiger partial charge in [0.05, 0.1) is 0 Å². The molecule has 1 aliphatic carbocycles. The molecule has 2 fully saturated rings. The van der Waals surface area contributed by atoms with E-state index in [2.05, 4.69) is 5.32 Å². The Labute approximate surface area is 50.5 Å². The van der Waals surface area contributed by atoms with Crippen LogP contribution in [0.25, 0.3) is 0 Å². The number of hydrogen-bond donors (Lipinski definition) is 1. The summed E-state index contributed by atoms with van der Waals surface area (Å²) < 4.78 is 0. The molecule has 0 aromatic carbocycles. The topological polar surface area (TPSA) is 12.0 Å². The van der Waals surface area contributed by atoms with Crippen LogP contribution >= 0.6 is 0 Å². The summed E-state index contributed by atoms with van der Waals surface area (Å²) in [5, 5.41) is 3.37. The van der Waals surface area contributed by atoms with Crippen molar-refractivity contribution >= 4 is 0 Å². The highest BCUT2D eigenvalue weighted by molar-refractivity contribution is 5.11. The van der Waals surface area contributed by atoms with Crippen LogP contribution in [0.5, 0.6) is 0 Å². The fourth-order valence-corrected chi connectivity index (χ4v) is 1.48. The molecule has 1 radical (unpaired) electrons. The number of rotatable bonds is 1. The molecule has 0 spiro atoms.